The van der Waals surface area contributed by atoms with Crippen molar-refractivity contribution in [1.82, 2.24) is 33.6 Å². The molecule has 42 heavy (non-hydrogen) atoms. The third-order valence-electron chi connectivity index (χ3n) is 6.82. The molecule has 0 saturated carbocycles. The Labute approximate surface area is 239 Å². The maximum atomic E-state index is 13.7. The number of carbonyl (C=O) groups is 1. The van der Waals surface area contributed by atoms with E-state index < -0.39 is 35.1 Å². The summed E-state index contributed by atoms with van der Waals surface area (Å²) >= 11 is 0. The zero-order valence-corrected chi connectivity index (χ0v) is 23.2. The SMILES string of the molecule is Cn1c2c(c(=O)n(Cc3ccccn3)c1=O)[N+](C)([C@@H](C[Si])C(=O)Nc1cncc(-c3ccc(C(F)(F)F)nc3)n1)C=N2. The van der Waals surface area contributed by atoms with E-state index in [2.05, 4.69) is 40.5 Å². The number of fused-ring (bicyclic) bond motifs is 1. The molecule has 2 atom stereocenters. The summed E-state index contributed by atoms with van der Waals surface area (Å²) in [6, 6.07) is 6.29. The van der Waals surface area contributed by atoms with Crippen molar-refractivity contribution in [3.63, 3.8) is 0 Å². The number of rotatable bonds is 7. The number of alkyl halides is 3. The molecule has 4 aromatic rings. The molecule has 4 aromatic heterocycles. The van der Waals surface area contributed by atoms with E-state index in [0.29, 0.717) is 5.69 Å². The van der Waals surface area contributed by atoms with Gasteiger partial charge >= 0.3 is 17.4 Å². The lowest BCUT2D eigenvalue weighted by Gasteiger charge is -2.32. The van der Waals surface area contributed by atoms with E-state index in [4.69, 9.17) is 0 Å². The number of pyridine rings is 2. The molecule has 0 aliphatic carbocycles. The second-order valence-electron chi connectivity index (χ2n) is 9.55. The number of quaternary nitrogens is 1. The van der Waals surface area contributed by atoms with E-state index >= 15 is 0 Å². The van der Waals surface area contributed by atoms with Crippen molar-refractivity contribution in [2.45, 2.75) is 24.8 Å². The smallest absolute Gasteiger partial charge is 0.304 e. The average Bonchev–Trinajstić information content (AvgIpc) is 3.32. The molecule has 1 aliphatic rings. The fourth-order valence-corrected chi connectivity index (χ4v) is 5.15. The molecule has 1 N–H and O–H groups in total. The minimum Gasteiger partial charge on any atom is -0.304 e. The highest BCUT2D eigenvalue weighted by Crippen LogP contribution is 2.35. The van der Waals surface area contributed by atoms with Crippen molar-refractivity contribution in [1.29, 1.82) is 0 Å². The first kappa shape index (κ1) is 28.7. The van der Waals surface area contributed by atoms with Gasteiger partial charge in [-0.15, -0.1) is 0 Å². The Bertz CT molecular complexity index is 1810. The molecular formula is C26H22F3N9O3Si+. The van der Waals surface area contributed by atoms with Crippen LogP contribution in [-0.4, -0.2) is 64.6 Å². The van der Waals surface area contributed by atoms with Crippen molar-refractivity contribution < 1.29 is 18.0 Å². The molecule has 5 rings (SSSR count). The van der Waals surface area contributed by atoms with E-state index in [9.17, 15) is 27.6 Å². The van der Waals surface area contributed by atoms with Crippen LogP contribution in [0.5, 0.6) is 0 Å². The van der Waals surface area contributed by atoms with Crippen LogP contribution >= 0.6 is 0 Å². The van der Waals surface area contributed by atoms with Crippen LogP contribution < -0.4 is 21.0 Å². The molecule has 1 aliphatic heterocycles. The number of amides is 1. The first-order chi connectivity index (χ1) is 19.9. The summed E-state index contributed by atoms with van der Waals surface area (Å²) in [5.41, 5.74) is -1.19. The van der Waals surface area contributed by atoms with Crippen LogP contribution in [-0.2, 0) is 24.6 Å². The number of hydrogen-bond acceptors (Lipinski definition) is 8. The predicted octanol–water partition coefficient (Wildman–Crippen LogP) is 2.07. The van der Waals surface area contributed by atoms with E-state index in [1.807, 2.05) is 0 Å². The maximum absolute atomic E-state index is 13.7. The quantitative estimate of drug-likeness (QED) is 0.256. The van der Waals surface area contributed by atoms with Crippen LogP contribution in [0.4, 0.5) is 30.5 Å². The van der Waals surface area contributed by atoms with Gasteiger partial charge in [0.05, 0.1) is 37.4 Å². The van der Waals surface area contributed by atoms with Gasteiger partial charge in [0.25, 0.3) is 5.91 Å². The molecule has 3 radical (unpaired) electrons. The average molecular weight is 594 g/mol. The predicted molar refractivity (Wildman–Crippen MR) is 148 cm³/mol. The Morgan fingerprint density at radius 1 is 1.12 bits per heavy atom. The van der Waals surface area contributed by atoms with Gasteiger partial charge in [0, 0.05) is 35.2 Å². The second kappa shape index (κ2) is 10.9. The number of nitrogens with one attached hydrogen (secondary N) is 1. The molecule has 5 heterocycles. The summed E-state index contributed by atoms with van der Waals surface area (Å²) in [5, 5.41) is 2.66. The van der Waals surface area contributed by atoms with Gasteiger partial charge in [-0.1, -0.05) is 6.07 Å². The number of likely N-dealkylation sites (N-methyl/N-ethyl adjacent to an activating group) is 1. The summed E-state index contributed by atoms with van der Waals surface area (Å²) in [7, 11) is 6.53. The van der Waals surface area contributed by atoms with Gasteiger partial charge in [-0.05, 0) is 30.3 Å². The number of aliphatic imine (C=N–C) groups is 1. The van der Waals surface area contributed by atoms with Crippen molar-refractivity contribution in [2.24, 2.45) is 12.0 Å². The van der Waals surface area contributed by atoms with Gasteiger partial charge in [-0.25, -0.2) is 18.8 Å². The van der Waals surface area contributed by atoms with Gasteiger partial charge in [0.15, 0.2) is 18.2 Å². The lowest BCUT2D eigenvalue weighted by molar-refractivity contribution is -0.141. The third kappa shape index (κ3) is 5.16. The van der Waals surface area contributed by atoms with Crippen LogP contribution in [0.2, 0.25) is 6.04 Å². The Balaban J connectivity index is 1.45. The molecule has 0 saturated heterocycles. The molecule has 0 bridgehead atoms. The number of anilines is 1. The van der Waals surface area contributed by atoms with E-state index in [1.54, 1.807) is 31.4 Å². The summed E-state index contributed by atoms with van der Waals surface area (Å²) in [4.78, 5) is 60.6. The fourth-order valence-electron chi connectivity index (χ4n) is 4.59. The van der Waals surface area contributed by atoms with Crippen LogP contribution in [0.25, 0.3) is 11.3 Å². The van der Waals surface area contributed by atoms with E-state index in [1.165, 1.54) is 36.4 Å². The van der Waals surface area contributed by atoms with Crippen molar-refractivity contribution in [3.05, 3.63) is 87.3 Å². The number of hydrogen-bond donors (Lipinski definition) is 1. The Morgan fingerprint density at radius 2 is 1.90 bits per heavy atom. The van der Waals surface area contributed by atoms with Crippen molar-refractivity contribution in [2.75, 3.05) is 12.4 Å². The Hall–Kier alpha value is -4.83. The van der Waals surface area contributed by atoms with Crippen LogP contribution in [0.15, 0.2) is 69.7 Å². The third-order valence-corrected chi connectivity index (χ3v) is 7.21. The summed E-state index contributed by atoms with van der Waals surface area (Å²) in [5.74, 6) is -0.411. The second-order valence-corrected chi connectivity index (χ2v) is 9.95. The first-order valence-electron chi connectivity index (χ1n) is 12.4. The zero-order valence-electron chi connectivity index (χ0n) is 22.2. The normalized spacial score (nSPS) is 16.7. The largest absolute Gasteiger partial charge is 0.433 e. The molecule has 213 valence electrons. The van der Waals surface area contributed by atoms with Crippen LogP contribution in [0.3, 0.4) is 0 Å². The van der Waals surface area contributed by atoms with Gasteiger partial charge in [0.2, 0.25) is 11.5 Å². The van der Waals surface area contributed by atoms with Crippen molar-refractivity contribution in [3.8, 4) is 11.3 Å². The summed E-state index contributed by atoms with van der Waals surface area (Å²) in [6.07, 6.45) is 2.00. The van der Waals surface area contributed by atoms with Crippen molar-refractivity contribution >= 4 is 39.8 Å². The minimum absolute atomic E-state index is 0.0264. The molecule has 0 aromatic carbocycles. The van der Waals surface area contributed by atoms with Gasteiger partial charge in [-0.2, -0.15) is 18.2 Å². The van der Waals surface area contributed by atoms with Gasteiger partial charge in [0.1, 0.15) is 5.69 Å². The van der Waals surface area contributed by atoms with Gasteiger partial charge < -0.3 is 5.32 Å². The molecule has 12 nitrogen and oxygen atoms in total. The highest BCUT2D eigenvalue weighted by Gasteiger charge is 2.47. The number of halogens is 3. The highest BCUT2D eigenvalue weighted by atomic mass is 28.1. The monoisotopic (exact) mass is 593 g/mol. The number of aromatic nitrogens is 6. The zero-order chi connectivity index (χ0) is 30.2. The number of carbonyl (C=O) groups excluding carboxylic acids is 1. The maximum Gasteiger partial charge on any atom is 0.433 e. The van der Waals surface area contributed by atoms with E-state index in [-0.39, 0.29) is 45.7 Å². The minimum atomic E-state index is -4.59. The fraction of sp³-hybridized carbons (Fsp3) is 0.231. The molecule has 16 heteroatoms. The Kier molecular flexibility index (Phi) is 7.42. The molecular weight excluding hydrogens is 571 g/mol. The summed E-state index contributed by atoms with van der Waals surface area (Å²) < 4.78 is 40.6. The Morgan fingerprint density at radius 3 is 2.55 bits per heavy atom. The lowest BCUT2D eigenvalue weighted by Crippen LogP contribution is -2.59. The molecule has 1 amide bonds. The lowest BCUT2D eigenvalue weighted by atomic mass is 10.2. The topological polar surface area (TPSA) is 137 Å². The van der Waals surface area contributed by atoms with Crippen LogP contribution in [0.1, 0.15) is 11.4 Å². The summed E-state index contributed by atoms with van der Waals surface area (Å²) in [6.45, 7) is -0.0778. The highest BCUT2D eigenvalue weighted by molar-refractivity contribution is 6.14. The van der Waals surface area contributed by atoms with E-state index in [0.717, 1.165) is 16.8 Å². The standard InChI is InChI=1S/C26H21F3N9O3Si/c1-36-22-21(24(40)37(25(36)41)12-16-5-3-4-8-31-16)38(2,14-33-22)18(13-42)23(39)35-20-11-30-10-17(34-20)15-6-7-19(32-9-15)26(27,28)29/h3-11,14,18H,12-13H2,1-2H3/p+1/t18-,38?/m0/s1. The van der Waals surface area contributed by atoms with Gasteiger partial charge in [-0.3, -0.25) is 29.1 Å². The molecule has 1 unspecified atom stereocenters. The van der Waals surface area contributed by atoms with Crippen LogP contribution in [0, 0.1) is 0 Å². The number of nitrogens with zero attached hydrogens (tertiary/aromatic N) is 8. The first-order valence-corrected chi connectivity index (χ1v) is 13.1. The molecule has 0 spiro atoms. The molecule has 0 fully saturated rings.